The van der Waals surface area contributed by atoms with Gasteiger partial charge in [-0.1, -0.05) is 0 Å². The van der Waals surface area contributed by atoms with Gasteiger partial charge < -0.3 is 14.2 Å². The van der Waals surface area contributed by atoms with E-state index in [0.29, 0.717) is 0 Å². The average Bonchev–Trinajstić information content (AvgIpc) is 2.70. The highest BCUT2D eigenvalue weighted by Gasteiger charge is 2.47. The first-order valence-electron chi connectivity index (χ1n) is 10.6. The van der Waals surface area contributed by atoms with E-state index < -0.39 is 82.8 Å². The fourth-order valence-corrected chi connectivity index (χ4v) is 3.17. The first-order chi connectivity index (χ1) is 16.0. The molecule has 0 aliphatic carbocycles. The minimum absolute atomic E-state index is 0.220. The quantitative estimate of drug-likeness (QED) is 0.410. The number of non-ortho nitro benzene ring substituents is 1. The van der Waals surface area contributed by atoms with Crippen LogP contribution >= 0.6 is 0 Å². The van der Waals surface area contributed by atoms with Gasteiger partial charge in [-0.25, -0.2) is 27.8 Å². The third kappa shape index (κ3) is 6.83. The zero-order valence-corrected chi connectivity index (χ0v) is 20.3. The van der Waals surface area contributed by atoms with Crippen molar-refractivity contribution in [3.05, 3.63) is 39.7 Å². The van der Waals surface area contributed by atoms with Gasteiger partial charge in [0.15, 0.2) is 0 Å². The van der Waals surface area contributed by atoms with Gasteiger partial charge in [0.05, 0.1) is 4.92 Å². The number of amides is 2. The number of amidine groups is 1. The largest absolute Gasteiger partial charge is 0.458 e. The lowest BCUT2D eigenvalue weighted by Gasteiger charge is -2.38. The highest BCUT2D eigenvalue weighted by molar-refractivity contribution is 6.06. The number of ether oxygens (including phenoxy) is 3. The summed E-state index contributed by atoms with van der Waals surface area (Å²) in [4.78, 5) is 40.4. The molecule has 1 aliphatic rings. The molecule has 13 heteroatoms. The van der Waals surface area contributed by atoms with Crippen LogP contribution in [0.25, 0.3) is 0 Å². The minimum Gasteiger partial charge on any atom is -0.458 e. The maximum atomic E-state index is 14.8. The van der Waals surface area contributed by atoms with E-state index in [-0.39, 0.29) is 4.90 Å². The zero-order valence-electron chi connectivity index (χ0n) is 20.3. The highest BCUT2D eigenvalue weighted by atomic mass is 19.1. The summed E-state index contributed by atoms with van der Waals surface area (Å²) < 4.78 is 58.9. The summed E-state index contributed by atoms with van der Waals surface area (Å²) in [7, 11) is 0. The highest BCUT2D eigenvalue weighted by Crippen LogP contribution is 2.39. The van der Waals surface area contributed by atoms with Gasteiger partial charge in [-0.05, 0) is 47.6 Å². The van der Waals surface area contributed by atoms with E-state index in [2.05, 4.69) is 4.99 Å². The molecule has 2 amide bonds. The van der Waals surface area contributed by atoms with E-state index in [4.69, 9.17) is 14.2 Å². The number of hydrogen-bond acceptors (Lipinski definition) is 8. The van der Waals surface area contributed by atoms with Gasteiger partial charge in [0, 0.05) is 24.1 Å². The maximum Gasteiger partial charge on any atom is 0.428 e. The van der Waals surface area contributed by atoms with E-state index in [1.807, 2.05) is 0 Å². The molecular weight excluding hydrogens is 475 g/mol. The molecule has 1 aromatic rings. The van der Waals surface area contributed by atoms with Crippen LogP contribution in [0.4, 0.5) is 28.4 Å². The monoisotopic (exact) mass is 503 g/mol. The summed E-state index contributed by atoms with van der Waals surface area (Å²) in [5, 5.41) is 11.2. The number of alkyl halides is 2. The Balaban J connectivity index is 2.73. The molecule has 0 saturated heterocycles. The van der Waals surface area contributed by atoms with Crippen LogP contribution < -0.4 is 0 Å². The van der Waals surface area contributed by atoms with Crippen LogP contribution in [0.5, 0.6) is 0 Å². The van der Waals surface area contributed by atoms with Crippen LogP contribution in [0.2, 0.25) is 0 Å². The van der Waals surface area contributed by atoms with Crippen LogP contribution in [0, 0.1) is 15.9 Å². The summed E-state index contributed by atoms with van der Waals surface area (Å²) in [5.41, 5.74) is -5.58. The molecule has 1 aromatic carbocycles. The Morgan fingerprint density at radius 3 is 2.14 bits per heavy atom. The molecule has 0 N–H and O–H groups in total. The number of carbonyl (C=O) groups is 2. The molecule has 0 aromatic heterocycles. The molecule has 35 heavy (non-hydrogen) atoms. The van der Waals surface area contributed by atoms with Gasteiger partial charge in [0.2, 0.25) is 0 Å². The molecule has 1 heterocycles. The SMILES string of the molecule is CC(C)(C)OC(=O)N(C(=O)OC(C)(C)C)C1=N[C@](CF)(c2cc([N+](=O)[O-])ccc2F)C[C@@H](CF)O1. The lowest BCUT2D eigenvalue weighted by atomic mass is 9.85. The Kier molecular flexibility index (Phi) is 8.03. The molecule has 10 nitrogen and oxygen atoms in total. The number of nitro benzene ring substituents is 1. The fraction of sp³-hybridized carbons (Fsp3) is 0.591. The van der Waals surface area contributed by atoms with E-state index in [0.717, 1.165) is 18.2 Å². The number of benzene rings is 1. The number of nitro groups is 1. The maximum absolute atomic E-state index is 14.8. The first kappa shape index (κ1) is 27.9. The molecule has 2 atom stereocenters. The molecule has 1 aliphatic heterocycles. The standard InChI is InChI=1S/C22H28F3N3O7/c1-20(2,3)34-18(29)27(19(30)35-21(4,5)6)17-26-22(12-24,10-14(11-23)33-17)15-9-13(28(31)32)7-8-16(15)25/h7-9,14H,10-12H2,1-6H3/t14-,22+/m0/s1. The molecule has 0 saturated carbocycles. The molecule has 0 fully saturated rings. The summed E-state index contributed by atoms with van der Waals surface area (Å²) in [6.45, 7) is 6.38. The smallest absolute Gasteiger partial charge is 0.428 e. The lowest BCUT2D eigenvalue weighted by molar-refractivity contribution is -0.385. The average molecular weight is 503 g/mol. The number of carbonyl (C=O) groups excluding carboxylic acids is 2. The topological polar surface area (TPSA) is 121 Å². The van der Waals surface area contributed by atoms with Crippen LogP contribution in [0.3, 0.4) is 0 Å². The Morgan fingerprint density at radius 2 is 1.71 bits per heavy atom. The van der Waals surface area contributed by atoms with Gasteiger partial charge in [-0.3, -0.25) is 10.1 Å². The van der Waals surface area contributed by atoms with Crippen molar-refractivity contribution in [1.82, 2.24) is 4.90 Å². The molecule has 0 unspecified atom stereocenters. The predicted octanol–water partition coefficient (Wildman–Crippen LogP) is 5.19. The lowest BCUT2D eigenvalue weighted by Crippen LogP contribution is -2.52. The Hall–Kier alpha value is -3.38. The van der Waals surface area contributed by atoms with Crippen LogP contribution in [0.1, 0.15) is 53.5 Å². The second kappa shape index (κ2) is 10.1. The number of halogens is 3. The summed E-state index contributed by atoms with van der Waals surface area (Å²) in [5.74, 6) is -1.06. The van der Waals surface area contributed by atoms with Gasteiger partial charge in [0.25, 0.3) is 5.69 Å². The van der Waals surface area contributed by atoms with E-state index >= 15 is 0 Å². The van der Waals surface area contributed by atoms with E-state index in [9.17, 15) is 32.9 Å². The van der Waals surface area contributed by atoms with Crippen LogP contribution in [-0.4, -0.2) is 58.7 Å². The van der Waals surface area contributed by atoms with Gasteiger partial charge in [-0.15, -0.1) is 4.90 Å². The number of imide groups is 1. The fourth-order valence-electron chi connectivity index (χ4n) is 3.17. The Labute approximate surface area is 200 Å². The van der Waals surface area contributed by atoms with Crippen molar-refractivity contribution in [2.75, 3.05) is 13.3 Å². The number of hydrogen-bond donors (Lipinski definition) is 0. The molecule has 0 spiro atoms. The zero-order chi connectivity index (χ0) is 26.8. The van der Waals surface area contributed by atoms with Crippen molar-refractivity contribution < 1.29 is 41.9 Å². The van der Waals surface area contributed by atoms with Gasteiger partial charge in [0.1, 0.15) is 42.0 Å². The predicted molar refractivity (Wildman–Crippen MR) is 118 cm³/mol. The summed E-state index contributed by atoms with van der Waals surface area (Å²) >= 11 is 0. The normalized spacial score (nSPS) is 20.4. The van der Waals surface area contributed by atoms with Crippen molar-refractivity contribution >= 4 is 23.9 Å². The minimum atomic E-state index is -2.25. The van der Waals surface area contributed by atoms with Gasteiger partial charge >= 0.3 is 18.2 Å². The number of aliphatic imine (C=N–C) groups is 1. The summed E-state index contributed by atoms with van der Waals surface area (Å²) in [6, 6.07) is 1.49. The van der Waals surface area contributed by atoms with Crippen molar-refractivity contribution in [1.29, 1.82) is 0 Å². The second-order valence-electron chi connectivity index (χ2n) is 9.88. The molecule has 194 valence electrons. The van der Waals surface area contributed by atoms with Crippen LogP contribution in [-0.2, 0) is 19.7 Å². The van der Waals surface area contributed by atoms with E-state index in [1.165, 1.54) is 41.5 Å². The molecule has 0 bridgehead atoms. The Morgan fingerprint density at radius 1 is 1.17 bits per heavy atom. The van der Waals surface area contributed by atoms with Gasteiger partial charge in [-0.2, -0.15) is 0 Å². The third-order valence-corrected chi connectivity index (χ3v) is 4.55. The van der Waals surface area contributed by atoms with Crippen molar-refractivity contribution in [3.63, 3.8) is 0 Å². The first-order valence-corrected chi connectivity index (χ1v) is 10.6. The summed E-state index contributed by atoms with van der Waals surface area (Å²) in [6.07, 6.45) is -4.70. The Bertz CT molecular complexity index is 993. The van der Waals surface area contributed by atoms with Crippen molar-refractivity contribution in [3.8, 4) is 0 Å². The van der Waals surface area contributed by atoms with Crippen LogP contribution in [0.15, 0.2) is 23.2 Å². The molecule has 2 rings (SSSR count). The molecule has 0 radical (unpaired) electrons. The van der Waals surface area contributed by atoms with Crippen molar-refractivity contribution in [2.24, 2.45) is 4.99 Å². The molecular formula is C22H28F3N3O7. The number of rotatable bonds is 4. The van der Waals surface area contributed by atoms with Crippen molar-refractivity contribution in [2.45, 2.75) is 70.8 Å². The third-order valence-electron chi connectivity index (χ3n) is 4.55. The second-order valence-corrected chi connectivity index (χ2v) is 9.88. The number of nitrogens with zero attached hydrogens (tertiary/aromatic N) is 3. The van der Waals surface area contributed by atoms with E-state index in [1.54, 1.807) is 0 Å².